The highest BCUT2D eigenvalue weighted by Gasteiger charge is 2.19. The van der Waals surface area contributed by atoms with E-state index in [0.29, 0.717) is 5.69 Å². The Labute approximate surface area is 167 Å². The quantitative estimate of drug-likeness (QED) is 0.555. The summed E-state index contributed by atoms with van der Waals surface area (Å²) >= 11 is 0. The van der Waals surface area contributed by atoms with E-state index in [1.165, 1.54) is 0 Å². The number of nitrogens with two attached hydrogens (primary N) is 1. The van der Waals surface area contributed by atoms with Crippen LogP contribution in [0, 0.1) is 20.8 Å². The summed E-state index contributed by atoms with van der Waals surface area (Å²) in [6, 6.07) is 5.90. The molecule has 11 heteroatoms. The third kappa shape index (κ3) is 6.16. The lowest BCUT2D eigenvalue weighted by Gasteiger charge is -2.13. The van der Waals surface area contributed by atoms with Crippen molar-refractivity contribution in [3.8, 4) is 0 Å². The van der Waals surface area contributed by atoms with E-state index in [-0.39, 0.29) is 6.54 Å². The van der Waals surface area contributed by atoms with Gasteiger partial charge in [0.15, 0.2) is 6.61 Å². The first kappa shape index (κ1) is 22.1. The van der Waals surface area contributed by atoms with Crippen molar-refractivity contribution in [1.82, 2.24) is 5.32 Å². The van der Waals surface area contributed by atoms with Gasteiger partial charge in [-0.1, -0.05) is 17.7 Å². The Kier molecular flexibility index (Phi) is 6.77. The number of hydrogen-bond acceptors (Lipinski definition) is 7. The number of carbonyl (C=O) groups is 3. The van der Waals surface area contributed by atoms with Gasteiger partial charge in [0.2, 0.25) is 16.8 Å². The molecule has 0 unspecified atom stereocenters. The number of nitrogens with one attached hydrogen (secondary N) is 2. The summed E-state index contributed by atoms with van der Waals surface area (Å²) in [5, 5.41) is 9.30. The summed E-state index contributed by atoms with van der Waals surface area (Å²) in [5.41, 5.74) is 3.53. The summed E-state index contributed by atoms with van der Waals surface area (Å²) in [7, 11) is -4.10. The van der Waals surface area contributed by atoms with Crippen LogP contribution in [0.1, 0.15) is 27.2 Å². The number of primary sulfonamides is 1. The second-order valence-electron chi connectivity index (χ2n) is 6.34. The first-order chi connectivity index (χ1) is 13.5. The zero-order chi connectivity index (χ0) is 21.8. The Hall–Kier alpha value is -3.18. The zero-order valence-electron chi connectivity index (χ0n) is 16.1. The van der Waals surface area contributed by atoms with Crippen molar-refractivity contribution >= 4 is 33.5 Å². The summed E-state index contributed by atoms with van der Waals surface area (Å²) in [5.74, 6) is -2.64. The van der Waals surface area contributed by atoms with Crippen LogP contribution in [0.15, 0.2) is 33.8 Å². The monoisotopic (exact) mass is 423 g/mol. The van der Waals surface area contributed by atoms with Gasteiger partial charge >= 0.3 is 5.97 Å². The van der Waals surface area contributed by atoms with Crippen LogP contribution in [0.3, 0.4) is 0 Å². The third-order valence-corrected chi connectivity index (χ3v) is 4.57. The van der Waals surface area contributed by atoms with Gasteiger partial charge in [-0.2, -0.15) is 0 Å². The Morgan fingerprint density at radius 2 is 1.69 bits per heavy atom. The van der Waals surface area contributed by atoms with Crippen molar-refractivity contribution in [2.75, 3.05) is 18.5 Å². The molecule has 4 N–H and O–H groups in total. The highest BCUT2D eigenvalue weighted by molar-refractivity contribution is 7.89. The van der Waals surface area contributed by atoms with Gasteiger partial charge in [0.25, 0.3) is 15.9 Å². The highest BCUT2D eigenvalue weighted by atomic mass is 32.2. The number of furan rings is 1. The van der Waals surface area contributed by atoms with Crippen molar-refractivity contribution < 1.29 is 32.0 Å². The minimum absolute atomic E-state index is 0.320. The van der Waals surface area contributed by atoms with E-state index in [0.717, 1.165) is 28.8 Å². The third-order valence-electron chi connectivity index (χ3n) is 3.78. The second kappa shape index (κ2) is 8.88. The van der Waals surface area contributed by atoms with Gasteiger partial charge in [-0.05, 0) is 44.0 Å². The van der Waals surface area contributed by atoms with E-state index in [4.69, 9.17) is 14.3 Å². The molecule has 0 saturated carbocycles. The molecule has 0 aliphatic rings. The maximum Gasteiger partial charge on any atom is 0.374 e. The van der Waals surface area contributed by atoms with Crippen LogP contribution in [0.5, 0.6) is 0 Å². The molecule has 2 aromatic rings. The van der Waals surface area contributed by atoms with Crippen LogP contribution in [0.2, 0.25) is 0 Å². The molecule has 0 aliphatic carbocycles. The number of carbonyl (C=O) groups excluding carboxylic acids is 3. The van der Waals surface area contributed by atoms with Crippen molar-refractivity contribution in [1.29, 1.82) is 0 Å². The minimum atomic E-state index is -4.10. The topological polar surface area (TPSA) is 158 Å². The van der Waals surface area contributed by atoms with Gasteiger partial charge in [0.05, 0.1) is 6.54 Å². The molecule has 156 valence electrons. The number of ether oxygens (including phenoxy) is 1. The van der Waals surface area contributed by atoms with Gasteiger partial charge in [-0.3, -0.25) is 9.59 Å². The Balaban J connectivity index is 1.82. The van der Waals surface area contributed by atoms with Crippen LogP contribution in [-0.4, -0.2) is 39.4 Å². The first-order valence-corrected chi connectivity index (χ1v) is 9.96. The average molecular weight is 423 g/mol. The SMILES string of the molecule is Cc1cc(C)c(NC(=O)CNC(=O)COC(=O)c2ccc(S(N)(=O)=O)o2)c(C)c1. The van der Waals surface area contributed by atoms with Crippen LogP contribution >= 0.6 is 0 Å². The molecule has 1 heterocycles. The van der Waals surface area contributed by atoms with Gasteiger partial charge in [0.1, 0.15) is 0 Å². The smallest absolute Gasteiger partial charge is 0.374 e. The van der Waals surface area contributed by atoms with Gasteiger partial charge in [-0.15, -0.1) is 0 Å². The molecule has 0 saturated heterocycles. The molecule has 10 nitrogen and oxygen atoms in total. The fourth-order valence-electron chi connectivity index (χ4n) is 2.58. The fourth-order valence-corrected chi connectivity index (χ4v) is 3.04. The minimum Gasteiger partial charge on any atom is -0.450 e. The van der Waals surface area contributed by atoms with Crippen LogP contribution < -0.4 is 15.8 Å². The van der Waals surface area contributed by atoms with Gasteiger partial charge < -0.3 is 19.8 Å². The first-order valence-electron chi connectivity index (χ1n) is 8.41. The highest BCUT2D eigenvalue weighted by Crippen LogP contribution is 2.21. The number of benzene rings is 1. The van der Waals surface area contributed by atoms with E-state index in [2.05, 4.69) is 10.6 Å². The van der Waals surface area contributed by atoms with Crippen LogP contribution in [0.4, 0.5) is 5.69 Å². The molecular formula is C18H21N3O7S. The maximum atomic E-state index is 12.0. The Bertz CT molecular complexity index is 1030. The lowest BCUT2D eigenvalue weighted by Crippen LogP contribution is -2.35. The van der Waals surface area contributed by atoms with Gasteiger partial charge in [-0.25, -0.2) is 18.4 Å². The number of aryl methyl sites for hydroxylation is 3. The summed E-state index contributed by atoms with van der Waals surface area (Å²) in [4.78, 5) is 35.6. The molecular weight excluding hydrogens is 402 g/mol. The molecule has 0 aliphatic heterocycles. The molecule has 0 bridgehead atoms. The predicted molar refractivity (Wildman–Crippen MR) is 103 cm³/mol. The molecule has 0 atom stereocenters. The van der Waals surface area contributed by atoms with Crippen LogP contribution in [-0.2, 0) is 24.3 Å². The number of amides is 2. The van der Waals surface area contributed by atoms with E-state index >= 15 is 0 Å². The summed E-state index contributed by atoms with van der Waals surface area (Å²) < 4.78 is 31.7. The zero-order valence-corrected chi connectivity index (χ0v) is 16.9. The number of anilines is 1. The molecule has 0 fully saturated rings. The van der Waals surface area contributed by atoms with Crippen molar-refractivity contribution in [2.24, 2.45) is 5.14 Å². The normalized spacial score (nSPS) is 11.0. The molecule has 1 aromatic heterocycles. The fraction of sp³-hybridized carbons (Fsp3) is 0.278. The van der Waals surface area contributed by atoms with Crippen molar-refractivity contribution in [3.63, 3.8) is 0 Å². The lowest BCUT2D eigenvalue weighted by molar-refractivity contribution is -0.126. The van der Waals surface area contributed by atoms with Crippen molar-refractivity contribution in [2.45, 2.75) is 25.9 Å². The summed E-state index contributed by atoms with van der Waals surface area (Å²) in [6.45, 7) is 4.68. The predicted octanol–water partition coefficient (Wildman–Crippen LogP) is 0.764. The Morgan fingerprint density at radius 3 is 2.24 bits per heavy atom. The largest absolute Gasteiger partial charge is 0.450 e. The second-order valence-corrected chi connectivity index (χ2v) is 7.83. The van der Waals surface area contributed by atoms with E-state index in [9.17, 15) is 22.8 Å². The molecule has 0 radical (unpaired) electrons. The van der Waals surface area contributed by atoms with E-state index in [1.807, 2.05) is 32.9 Å². The standard InChI is InChI=1S/C18H21N3O7S/c1-10-6-11(2)17(12(3)7-10)21-14(22)8-20-15(23)9-27-18(24)13-4-5-16(28-13)29(19,25)26/h4-7H,8-9H2,1-3H3,(H,20,23)(H,21,22)(H2,19,25,26). The molecule has 0 spiro atoms. The summed E-state index contributed by atoms with van der Waals surface area (Å²) in [6.07, 6.45) is 0. The molecule has 1 aromatic carbocycles. The maximum absolute atomic E-state index is 12.0. The lowest BCUT2D eigenvalue weighted by atomic mass is 10.1. The van der Waals surface area contributed by atoms with E-state index in [1.54, 1.807) is 0 Å². The number of rotatable bonds is 7. The number of sulfonamides is 1. The molecule has 2 amide bonds. The molecule has 2 rings (SSSR count). The number of esters is 1. The Morgan fingerprint density at radius 1 is 1.07 bits per heavy atom. The average Bonchev–Trinajstić information content (AvgIpc) is 3.11. The van der Waals surface area contributed by atoms with Crippen molar-refractivity contribution in [3.05, 3.63) is 46.7 Å². The number of hydrogen-bond donors (Lipinski definition) is 3. The van der Waals surface area contributed by atoms with E-state index < -0.39 is 45.3 Å². The van der Waals surface area contributed by atoms with Crippen LogP contribution in [0.25, 0.3) is 0 Å². The van der Waals surface area contributed by atoms with Gasteiger partial charge in [0, 0.05) is 5.69 Å². The molecule has 29 heavy (non-hydrogen) atoms.